The van der Waals surface area contributed by atoms with Gasteiger partial charge in [-0.1, -0.05) is 222 Å². The Morgan fingerprint density at radius 2 is 0.623 bits per heavy atom. The van der Waals surface area contributed by atoms with Gasteiger partial charge < -0.3 is 30.0 Å². The third-order valence-electron chi connectivity index (χ3n) is 13.4. The van der Waals surface area contributed by atoms with Gasteiger partial charge in [0.25, 0.3) is 0 Å². The molecule has 6 nitrogen and oxygen atoms in total. The van der Waals surface area contributed by atoms with Gasteiger partial charge in [0, 0.05) is 45.9 Å². The van der Waals surface area contributed by atoms with E-state index in [0.717, 1.165) is 46.2 Å². The van der Waals surface area contributed by atoms with Crippen LogP contribution in [0.15, 0.2) is 206 Å². The van der Waals surface area contributed by atoms with Crippen LogP contribution in [-0.2, 0) is 19.5 Å². The van der Waals surface area contributed by atoms with Crippen LogP contribution < -0.4 is 10.2 Å². The van der Waals surface area contributed by atoms with Crippen molar-refractivity contribution in [3.05, 3.63) is 273 Å². The topological polar surface area (TPSA) is 121 Å². The van der Waals surface area contributed by atoms with Crippen LogP contribution in [0.4, 0.5) is 0 Å². The van der Waals surface area contributed by atoms with Crippen LogP contribution in [-0.4, -0.2) is 22.2 Å². The first kappa shape index (κ1) is 51.3. The molecule has 344 valence electrons. The quantitative estimate of drug-likeness (QED) is 0.0931. The van der Waals surface area contributed by atoms with E-state index in [1.807, 2.05) is 159 Å². The maximum absolute atomic E-state index is 12.0. The number of rotatable bonds is 16. The zero-order chi connectivity index (χ0) is 48.2. The third kappa shape index (κ3) is 12.7. The molecule has 0 saturated heterocycles. The summed E-state index contributed by atoms with van der Waals surface area (Å²) < 4.78 is 0. The summed E-state index contributed by atoms with van der Waals surface area (Å²) >= 11 is 0. The van der Waals surface area contributed by atoms with E-state index in [0.29, 0.717) is 11.1 Å². The second-order valence-electron chi connectivity index (χ2n) is 17.9. The Kier molecular flexibility index (Phi) is 18.1. The SMILES string of the molecule is CC(CC(c1ccccc1)c1cc(C(=O)[O-])c(O)c(C(C)c2ccccc2)c1)c1ccccc1.CC(CC(c1ccccc1)c1cc(C(=O)[O-])c(O)c(C(C)c2ccccc2)c1)c1ccccc1.[Zn+2]. The van der Waals surface area contributed by atoms with Crippen molar-refractivity contribution >= 4 is 11.9 Å². The van der Waals surface area contributed by atoms with Gasteiger partial charge in [-0.25, -0.2) is 0 Å². The number of hydrogen-bond donors (Lipinski definition) is 2. The van der Waals surface area contributed by atoms with Crippen LogP contribution in [0.25, 0.3) is 0 Å². The van der Waals surface area contributed by atoms with Gasteiger partial charge in [0.1, 0.15) is 11.5 Å². The molecule has 0 radical (unpaired) electrons. The first-order chi connectivity index (χ1) is 32.9. The Morgan fingerprint density at radius 1 is 0.377 bits per heavy atom. The molecule has 0 bridgehead atoms. The molecule has 8 aromatic carbocycles. The standard InChI is InChI=1S/2C31H30O3.Zn/c2*1-21(23-12-6-3-7-13-23)18-28(25-16-10-5-11-17-25)26-19-27(30(32)29(20-26)31(33)34)22(2)24-14-8-4-9-15-24;/h2*3-17,19-22,28,32H,18H2,1-2H3,(H,33,34);/q;;+2/p-2. The molecule has 6 atom stereocenters. The van der Waals surface area contributed by atoms with Gasteiger partial charge in [-0.05, 0) is 81.3 Å². The molecule has 0 aliphatic rings. The van der Waals surface area contributed by atoms with Gasteiger partial charge in [-0.2, -0.15) is 0 Å². The van der Waals surface area contributed by atoms with Gasteiger partial charge in [-0.3, -0.25) is 0 Å². The van der Waals surface area contributed by atoms with Gasteiger partial charge in [0.2, 0.25) is 0 Å². The van der Waals surface area contributed by atoms with Crippen molar-refractivity contribution in [3.63, 3.8) is 0 Å². The number of benzene rings is 8. The monoisotopic (exact) mass is 962 g/mol. The molecule has 0 aliphatic heterocycles. The minimum Gasteiger partial charge on any atom is -0.545 e. The second kappa shape index (κ2) is 24.3. The summed E-state index contributed by atoms with van der Waals surface area (Å²) in [6, 6.07) is 67.7. The average molecular weight is 965 g/mol. The summed E-state index contributed by atoms with van der Waals surface area (Å²) in [4.78, 5) is 24.0. The molecule has 69 heavy (non-hydrogen) atoms. The van der Waals surface area contributed by atoms with Crippen LogP contribution >= 0.6 is 0 Å². The van der Waals surface area contributed by atoms with Crippen molar-refractivity contribution in [2.45, 2.75) is 76.0 Å². The zero-order valence-corrected chi connectivity index (χ0v) is 42.7. The molecule has 6 unspecified atom stereocenters. The van der Waals surface area contributed by atoms with Crippen molar-refractivity contribution in [2.24, 2.45) is 0 Å². The van der Waals surface area contributed by atoms with Crippen molar-refractivity contribution in [2.75, 3.05) is 0 Å². The zero-order valence-electron chi connectivity index (χ0n) is 39.7. The van der Waals surface area contributed by atoms with Crippen molar-refractivity contribution < 1.29 is 49.5 Å². The Balaban J connectivity index is 0.000000224. The maximum Gasteiger partial charge on any atom is 2.00 e. The number of aromatic carboxylic acids is 2. The Bertz CT molecular complexity index is 2680. The molecule has 0 aromatic heterocycles. The van der Waals surface area contributed by atoms with E-state index >= 15 is 0 Å². The van der Waals surface area contributed by atoms with Crippen LogP contribution in [0.1, 0.15) is 152 Å². The first-order valence-corrected chi connectivity index (χ1v) is 23.4. The molecule has 0 fully saturated rings. The summed E-state index contributed by atoms with van der Waals surface area (Å²) in [6.07, 6.45) is 1.59. The molecule has 7 heteroatoms. The van der Waals surface area contributed by atoms with Gasteiger partial charge >= 0.3 is 19.5 Å². The largest absolute Gasteiger partial charge is 2.00 e. The van der Waals surface area contributed by atoms with E-state index in [4.69, 9.17) is 0 Å². The fraction of sp³-hybridized carbons (Fsp3) is 0.194. The van der Waals surface area contributed by atoms with Crippen LogP contribution in [0.5, 0.6) is 11.5 Å². The first-order valence-electron chi connectivity index (χ1n) is 23.4. The minimum absolute atomic E-state index is 0. The molecular weight excluding hydrogens is 906 g/mol. The Labute approximate surface area is 419 Å². The fourth-order valence-electron chi connectivity index (χ4n) is 9.42. The van der Waals surface area contributed by atoms with Crippen molar-refractivity contribution in [1.82, 2.24) is 0 Å². The number of aromatic hydroxyl groups is 2. The molecular formula is C62H58O6Zn. The molecule has 2 N–H and O–H groups in total. The van der Waals surface area contributed by atoms with Crippen molar-refractivity contribution in [3.8, 4) is 11.5 Å². The fourth-order valence-corrected chi connectivity index (χ4v) is 9.42. The molecule has 8 rings (SSSR count). The maximum atomic E-state index is 12.0. The Hall–Kier alpha value is -7.08. The molecule has 8 aromatic rings. The number of carbonyl (C=O) groups excluding carboxylic acids is 2. The summed E-state index contributed by atoms with van der Waals surface area (Å²) in [5.41, 5.74) is 9.30. The van der Waals surface area contributed by atoms with Crippen LogP contribution in [0.3, 0.4) is 0 Å². The van der Waals surface area contributed by atoms with Crippen LogP contribution in [0, 0.1) is 0 Å². The van der Waals surface area contributed by atoms with E-state index in [1.165, 1.54) is 11.1 Å². The third-order valence-corrected chi connectivity index (χ3v) is 13.4. The molecule has 0 aliphatic carbocycles. The van der Waals surface area contributed by atoms with E-state index in [9.17, 15) is 30.0 Å². The normalized spacial score (nSPS) is 13.5. The molecule has 0 heterocycles. The summed E-state index contributed by atoms with van der Waals surface area (Å²) in [7, 11) is 0. The number of phenols is 2. The number of carbonyl (C=O) groups is 2. The van der Waals surface area contributed by atoms with E-state index in [2.05, 4.69) is 62.4 Å². The molecule has 0 spiro atoms. The molecule has 0 amide bonds. The second-order valence-corrected chi connectivity index (χ2v) is 17.9. The smallest absolute Gasteiger partial charge is 0.545 e. The Morgan fingerprint density at radius 3 is 0.884 bits per heavy atom. The average Bonchev–Trinajstić information content (AvgIpc) is 3.38. The van der Waals surface area contributed by atoms with Crippen LogP contribution in [0.2, 0.25) is 0 Å². The van der Waals surface area contributed by atoms with E-state index in [1.54, 1.807) is 12.1 Å². The van der Waals surface area contributed by atoms with E-state index < -0.39 is 11.9 Å². The predicted octanol–water partition coefficient (Wildman–Crippen LogP) is 12.5. The summed E-state index contributed by atoms with van der Waals surface area (Å²) in [6.45, 7) is 8.35. The number of carboxylic acid groups (broad SMARTS) is 2. The number of hydrogen-bond acceptors (Lipinski definition) is 6. The summed E-state index contributed by atoms with van der Waals surface area (Å²) in [5.74, 6) is -3.13. The van der Waals surface area contributed by atoms with E-state index in [-0.39, 0.29) is 77.6 Å². The number of carboxylic acids is 2. The predicted molar refractivity (Wildman–Crippen MR) is 268 cm³/mol. The van der Waals surface area contributed by atoms with Crippen molar-refractivity contribution in [1.29, 1.82) is 0 Å². The summed E-state index contributed by atoms with van der Waals surface area (Å²) in [5, 5.41) is 45.8. The minimum atomic E-state index is -1.37. The molecule has 0 saturated carbocycles. The van der Waals surface area contributed by atoms with Gasteiger partial charge in [0.15, 0.2) is 0 Å². The van der Waals surface area contributed by atoms with Gasteiger partial charge in [0.05, 0.1) is 11.9 Å². The van der Waals surface area contributed by atoms with Gasteiger partial charge in [-0.15, -0.1) is 0 Å².